The van der Waals surface area contributed by atoms with Crippen LogP contribution in [0.1, 0.15) is 37.6 Å². The second kappa shape index (κ2) is 7.05. The summed E-state index contributed by atoms with van der Waals surface area (Å²) in [7, 11) is 1.23. The molecule has 0 spiro atoms. The Morgan fingerprint density at radius 1 is 1.29 bits per heavy atom. The molecule has 1 aromatic carbocycles. The molecule has 6 heteroatoms. The van der Waals surface area contributed by atoms with Crippen LogP contribution >= 0.6 is 15.9 Å². The third-order valence-corrected chi connectivity index (χ3v) is 5.10. The molecule has 1 saturated heterocycles. The number of hydrogen-bond acceptors (Lipinski definition) is 5. The molecule has 0 amide bonds. The predicted molar refractivity (Wildman–Crippen MR) is 91.4 cm³/mol. The van der Waals surface area contributed by atoms with Crippen molar-refractivity contribution in [2.45, 2.75) is 32.8 Å². The number of benzene rings is 1. The number of ether oxygens (including phenoxy) is 2. The molecule has 1 aliphatic rings. The third kappa shape index (κ3) is 3.38. The van der Waals surface area contributed by atoms with Gasteiger partial charge in [-0.15, -0.1) is 0 Å². The number of cyclic esters (lactones) is 1. The van der Waals surface area contributed by atoms with Gasteiger partial charge in [0.25, 0.3) is 0 Å². The number of carbonyl (C=O) groups is 3. The zero-order valence-electron chi connectivity index (χ0n) is 14.2. The lowest BCUT2D eigenvalue weighted by atomic mass is 9.70. The Morgan fingerprint density at radius 3 is 2.38 bits per heavy atom. The van der Waals surface area contributed by atoms with Crippen LogP contribution in [0.5, 0.6) is 0 Å². The first kappa shape index (κ1) is 18.6. The molecule has 0 unspecified atom stereocenters. The maximum Gasteiger partial charge on any atom is 0.321 e. The molecular formula is C18H21BrO5. The van der Waals surface area contributed by atoms with Gasteiger partial charge in [0.15, 0.2) is 11.7 Å². The van der Waals surface area contributed by atoms with Gasteiger partial charge in [0.1, 0.15) is 5.60 Å². The number of ketones is 1. The van der Waals surface area contributed by atoms with Crippen LogP contribution in [-0.4, -0.2) is 30.4 Å². The summed E-state index contributed by atoms with van der Waals surface area (Å²) in [6.07, 6.45) is 0.493. The van der Waals surface area contributed by atoms with Gasteiger partial charge in [-0.1, -0.05) is 35.0 Å². The molecule has 2 rings (SSSR count). The number of halogens is 1. The van der Waals surface area contributed by atoms with Gasteiger partial charge in [-0.3, -0.25) is 14.4 Å². The Kier molecular flexibility index (Phi) is 5.48. The minimum Gasteiger partial charge on any atom is -0.468 e. The molecule has 0 aliphatic carbocycles. The summed E-state index contributed by atoms with van der Waals surface area (Å²) in [5.41, 5.74) is -0.370. The molecule has 130 valence electrons. The fourth-order valence-corrected chi connectivity index (χ4v) is 3.72. The first-order valence-corrected chi connectivity index (χ1v) is 8.62. The van der Waals surface area contributed by atoms with Gasteiger partial charge in [-0.05, 0) is 32.4 Å². The number of carbonyl (C=O) groups excluding carboxylic acids is 3. The molecule has 0 radical (unpaired) electrons. The monoisotopic (exact) mass is 396 g/mol. The molecule has 1 heterocycles. The van der Waals surface area contributed by atoms with Gasteiger partial charge in [-0.2, -0.15) is 0 Å². The largest absolute Gasteiger partial charge is 0.468 e. The average molecular weight is 397 g/mol. The summed E-state index contributed by atoms with van der Waals surface area (Å²) < 4.78 is 11.0. The minimum atomic E-state index is -1.07. The maximum atomic E-state index is 13.0. The molecule has 1 aliphatic heterocycles. The van der Waals surface area contributed by atoms with Gasteiger partial charge >= 0.3 is 11.9 Å². The highest BCUT2D eigenvalue weighted by Gasteiger charge is 2.57. The fourth-order valence-electron chi connectivity index (χ4n) is 3.46. The quantitative estimate of drug-likeness (QED) is 0.433. The van der Waals surface area contributed by atoms with Crippen LogP contribution in [0.25, 0.3) is 0 Å². The molecule has 0 bridgehead atoms. The Morgan fingerprint density at radius 2 is 1.88 bits per heavy atom. The Hall–Kier alpha value is -1.69. The minimum absolute atomic E-state index is 0.102. The summed E-state index contributed by atoms with van der Waals surface area (Å²) in [5, 5.41) is 0. The fraction of sp³-hybridized carbons (Fsp3) is 0.500. The van der Waals surface area contributed by atoms with E-state index >= 15 is 0 Å². The predicted octanol–water partition coefficient (Wildman–Crippen LogP) is 3.40. The lowest BCUT2D eigenvalue weighted by Gasteiger charge is -2.32. The van der Waals surface area contributed by atoms with E-state index < -0.39 is 35.3 Å². The Bertz CT molecular complexity index is 650. The molecule has 24 heavy (non-hydrogen) atoms. The van der Waals surface area contributed by atoms with E-state index in [2.05, 4.69) is 15.9 Å². The highest BCUT2D eigenvalue weighted by atomic mass is 79.9. The van der Waals surface area contributed by atoms with Crippen LogP contribution < -0.4 is 0 Å². The van der Waals surface area contributed by atoms with E-state index in [0.717, 1.165) is 4.47 Å². The van der Waals surface area contributed by atoms with E-state index in [-0.39, 0.29) is 5.78 Å². The zero-order valence-corrected chi connectivity index (χ0v) is 15.8. The molecule has 5 nitrogen and oxygen atoms in total. The Balaban J connectivity index is 2.42. The van der Waals surface area contributed by atoms with Crippen molar-refractivity contribution in [3.63, 3.8) is 0 Å². The van der Waals surface area contributed by atoms with E-state index in [1.165, 1.54) is 7.11 Å². The molecular weight excluding hydrogens is 376 g/mol. The van der Waals surface area contributed by atoms with E-state index in [1.54, 1.807) is 38.1 Å². The molecule has 0 N–H and O–H groups in total. The van der Waals surface area contributed by atoms with Crippen molar-refractivity contribution in [1.29, 1.82) is 0 Å². The lowest BCUT2D eigenvalue weighted by molar-refractivity contribution is -0.156. The van der Waals surface area contributed by atoms with Gasteiger partial charge in [-0.25, -0.2) is 0 Å². The van der Waals surface area contributed by atoms with Crippen LogP contribution in [0, 0.1) is 17.8 Å². The summed E-state index contributed by atoms with van der Waals surface area (Å²) in [5.74, 6) is -3.54. The molecule has 0 aromatic heterocycles. The van der Waals surface area contributed by atoms with Gasteiger partial charge in [0.2, 0.25) is 0 Å². The standard InChI is InChI=1S/C18H21BrO5/c1-5-12(15(20)10-6-8-11(19)9-7-10)14-13(16(21)23-4)17(22)24-18(14,2)3/h6-9,12-14H,5H2,1-4H3/t12-,13+,14+/m1/s1. The van der Waals surface area contributed by atoms with E-state index in [9.17, 15) is 14.4 Å². The average Bonchev–Trinajstić information content (AvgIpc) is 2.77. The van der Waals surface area contributed by atoms with E-state index in [0.29, 0.717) is 12.0 Å². The molecule has 3 atom stereocenters. The lowest BCUT2D eigenvalue weighted by Crippen LogP contribution is -2.42. The first-order valence-electron chi connectivity index (χ1n) is 7.83. The van der Waals surface area contributed by atoms with Gasteiger partial charge in [0, 0.05) is 21.9 Å². The number of rotatable bonds is 5. The normalized spacial score (nSPS) is 23.5. The zero-order chi connectivity index (χ0) is 18.1. The molecule has 0 saturated carbocycles. The van der Waals surface area contributed by atoms with E-state index in [4.69, 9.17) is 9.47 Å². The summed E-state index contributed by atoms with van der Waals surface area (Å²) in [6.45, 7) is 5.33. The van der Waals surface area contributed by atoms with Gasteiger partial charge in [0.05, 0.1) is 7.11 Å². The van der Waals surface area contributed by atoms with Crippen molar-refractivity contribution in [2.75, 3.05) is 7.11 Å². The van der Waals surface area contributed by atoms with Crippen LogP contribution in [0.15, 0.2) is 28.7 Å². The third-order valence-electron chi connectivity index (χ3n) is 4.57. The molecule has 1 fully saturated rings. The van der Waals surface area contributed by atoms with Crippen molar-refractivity contribution >= 4 is 33.7 Å². The number of methoxy groups -OCH3 is 1. The second-order valence-electron chi connectivity index (χ2n) is 6.44. The van der Waals surface area contributed by atoms with Crippen molar-refractivity contribution in [1.82, 2.24) is 0 Å². The smallest absolute Gasteiger partial charge is 0.321 e. The van der Waals surface area contributed by atoms with Crippen molar-refractivity contribution in [2.24, 2.45) is 17.8 Å². The van der Waals surface area contributed by atoms with Gasteiger partial charge < -0.3 is 9.47 Å². The summed E-state index contributed by atoms with van der Waals surface area (Å²) in [4.78, 5) is 37.3. The highest BCUT2D eigenvalue weighted by Crippen LogP contribution is 2.44. The molecule has 1 aromatic rings. The van der Waals surface area contributed by atoms with Crippen molar-refractivity contribution in [3.05, 3.63) is 34.3 Å². The summed E-state index contributed by atoms with van der Waals surface area (Å²) in [6, 6.07) is 7.04. The second-order valence-corrected chi connectivity index (χ2v) is 7.35. The topological polar surface area (TPSA) is 69.7 Å². The maximum absolute atomic E-state index is 13.0. The van der Waals surface area contributed by atoms with Crippen molar-refractivity contribution in [3.8, 4) is 0 Å². The van der Waals surface area contributed by atoms with Crippen LogP contribution in [0.2, 0.25) is 0 Å². The van der Waals surface area contributed by atoms with E-state index in [1.807, 2.05) is 6.92 Å². The highest BCUT2D eigenvalue weighted by molar-refractivity contribution is 9.10. The summed E-state index contributed by atoms with van der Waals surface area (Å²) >= 11 is 3.34. The first-order chi connectivity index (χ1) is 11.2. The van der Waals surface area contributed by atoms with Crippen LogP contribution in [0.3, 0.4) is 0 Å². The number of esters is 2. The number of hydrogen-bond donors (Lipinski definition) is 0. The Labute approximate surface area is 149 Å². The SMILES string of the molecule is CC[C@@H](C(=O)c1ccc(Br)cc1)[C@H]1[C@@H](C(=O)OC)C(=O)OC1(C)C. The number of Topliss-reactive ketones (excluding diaryl/α,β-unsaturated/α-hetero) is 1. The van der Waals surface area contributed by atoms with Crippen molar-refractivity contribution < 1.29 is 23.9 Å². The van der Waals surface area contributed by atoms with Crippen LogP contribution in [0.4, 0.5) is 0 Å². The van der Waals surface area contributed by atoms with Crippen LogP contribution in [-0.2, 0) is 19.1 Å².